The van der Waals surface area contributed by atoms with Gasteiger partial charge >= 0.3 is 0 Å². The van der Waals surface area contributed by atoms with E-state index >= 15 is 0 Å². The second kappa shape index (κ2) is 4.53. The molecule has 0 saturated heterocycles. The second-order valence-electron chi connectivity index (χ2n) is 4.94. The van der Waals surface area contributed by atoms with Crippen molar-refractivity contribution in [3.05, 3.63) is 29.8 Å². The van der Waals surface area contributed by atoms with Gasteiger partial charge in [0.25, 0.3) is 0 Å². The van der Waals surface area contributed by atoms with E-state index in [1.807, 2.05) is 0 Å². The molecular formula is C13H16FNO2. The first-order valence-electron chi connectivity index (χ1n) is 5.89. The molecule has 1 aliphatic carbocycles. The maximum Gasteiger partial charge on any atom is 0.195 e. The van der Waals surface area contributed by atoms with Crippen LogP contribution in [0.1, 0.15) is 43.0 Å². The average Bonchev–Trinajstić information content (AvgIpc) is 2.32. The molecule has 1 aromatic rings. The lowest BCUT2D eigenvalue weighted by Gasteiger charge is -2.33. The Morgan fingerprint density at radius 1 is 1.47 bits per heavy atom. The molecule has 0 atom stereocenters. The van der Waals surface area contributed by atoms with Crippen LogP contribution in [0.2, 0.25) is 0 Å². The van der Waals surface area contributed by atoms with Crippen molar-refractivity contribution in [2.45, 2.75) is 38.2 Å². The first-order chi connectivity index (χ1) is 8.01. The van der Waals surface area contributed by atoms with Gasteiger partial charge in [-0.2, -0.15) is 0 Å². The summed E-state index contributed by atoms with van der Waals surface area (Å²) >= 11 is 0. The van der Waals surface area contributed by atoms with Crippen molar-refractivity contribution in [3.8, 4) is 0 Å². The van der Waals surface area contributed by atoms with Gasteiger partial charge in [-0.15, -0.1) is 0 Å². The first kappa shape index (κ1) is 12.2. The van der Waals surface area contributed by atoms with Crippen LogP contribution < -0.4 is 0 Å². The van der Waals surface area contributed by atoms with Crippen LogP contribution in [0.5, 0.6) is 0 Å². The summed E-state index contributed by atoms with van der Waals surface area (Å²) in [4.78, 5) is 15.8. The summed E-state index contributed by atoms with van der Waals surface area (Å²) < 4.78 is 13.0. The molecule has 0 amide bonds. The van der Waals surface area contributed by atoms with E-state index in [1.54, 1.807) is 0 Å². The second-order valence-corrected chi connectivity index (χ2v) is 4.94. The zero-order chi connectivity index (χ0) is 12.5. The van der Waals surface area contributed by atoms with Gasteiger partial charge in [-0.25, -0.2) is 4.39 Å². The van der Waals surface area contributed by atoms with E-state index in [9.17, 15) is 14.3 Å². The Morgan fingerprint density at radius 2 is 2.12 bits per heavy atom. The van der Waals surface area contributed by atoms with Crippen molar-refractivity contribution >= 4 is 5.78 Å². The number of hydrogen-bond acceptors (Lipinski definition) is 3. The quantitative estimate of drug-likeness (QED) is 0.803. The topological polar surface area (TPSA) is 50.2 Å². The molecule has 17 heavy (non-hydrogen) atoms. The highest BCUT2D eigenvalue weighted by molar-refractivity contribution is 6.02. The number of rotatable bonds is 2. The van der Waals surface area contributed by atoms with Crippen LogP contribution in [0.3, 0.4) is 0 Å². The molecule has 0 aliphatic heterocycles. The Kier molecular flexibility index (Phi) is 3.24. The minimum Gasteiger partial charge on any atom is -0.382 e. The fourth-order valence-electron chi connectivity index (χ4n) is 2.27. The molecule has 2 rings (SSSR count). The van der Waals surface area contributed by atoms with Crippen LogP contribution in [0, 0.1) is 11.7 Å². The highest BCUT2D eigenvalue weighted by atomic mass is 19.1. The molecule has 1 N–H and O–H groups in total. The third-order valence-corrected chi connectivity index (χ3v) is 3.49. The normalized spacial score (nSPS) is 29.0. The number of aromatic nitrogens is 1. The highest BCUT2D eigenvalue weighted by Crippen LogP contribution is 2.34. The molecule has 92 valence electrons. The molecular weight excluding hydrogens is 221 g/mol. The van der Waals surface area contributed by atoms with Gasteiger partial charge in [0.15, 0.2) is 5.78 Å². The lowest BCUT2D eigenvalue weighted by molar-refractivity contribution is 0.00420. The third-order valence-electron chi connectivity index (χ3n) is 3.49. The molecule has 0 spiro atoms. The van der Waals surface area contributed by atoms with Crippen molar-refractivity contribution < 1.29 is 14.3 Å². The Balaban J connectivity index is 2.19. The molecule has 1 fully saturated rings. The molecule has 1 saturated carbocycles. The SMILES string of the molecule is CC1CCC(O)(C(=O)c2cncc(F)c2)CC1. The van der Waals surface area contributed by atoms with E-state index < -0.39 is 17.2 Å². The van der Waals surface area contributed by atoms with Crippen molar-refractivity contribution in [2.75, 3.05) is 0 Å². The zero-order valence-electron chi connectivity index (χ0n) is 9.82. The molecule has 1 heterocycles. The Hall–Kier alpha value is -1.29. The predicted octanol–water partition coefficient (Wildman–Crippen LogP) is 2.34. The van der Waals surface area contributed by atoms with Gasteiger partial charge in [0.05, 0.1) is 6.20 Å². The summed E-state index contributed by atoms with van der Waals surface area (Å²) in [5, 5.41) is 10.3. The summed E-state index contributed by atoms with van der Waals surface area (Å²) in [5.74, 6) is -0.422. The maximum atomic E-state index is 13.0. The van der Waals surface area contributed by atoms with E-state index in [0.717, 1.165) is 25.1 Å². The van der Waals surface area contributed by atoms with Gasteiger partial charge in [-0.1, -0.05) is 6.92 Å². The maximum absolute atomic E-state index is 13.0. The highest BCUT2D eigenvalue weighted by Gasteiger charge is 2.39. The van der Waals surface area contributed by atoms with Crippen LogP contribution in [-0.2, 0) is 0 Å². The summed E-state index contributed by atoms with van der Waals surface area (Å²) in [5.41, 5.74) is -1.18. The molecule has 1 aromatic heterocycles. The third kappa shape index (κ3) is 2.52. The fraction of sp³-hybridized carbons (Fsp3) is 0.538. The number of hydrogen-bond donors (Lipinski definition) is 1. The monoisotopic (exact) mass is 237 g/mol. The summed E-state index contributed by atoms with van der Waals surface area (Å²) in [6.07, 6.45) is 4.90. The number of Topliss-reactive ketones (excluding diaryl/α,β-unsaturated/α-hetero) is 1. The van der Waals surface area contributed by atoms with Crippen LogP contribution in [0.25, 0.3) is 0 Å². The van der Waals surface area contributed by atoms with Gasteiger partial charge in [0.2, 0.25) is 0 Å². The number of halogens is 1. The largest absolute Gasteiger partial charge is 0.382 e. The van der Waals surface area contributed by atoms with E-state index in [1.165, 1.54) is 6.20 Å². The summed E-state index contributed by atoms with van der Waals surface area (Å²) in [7, 11) is 0. The van der Waals surface area contributed by atoms with E-state index in [2.05, 4.69) is 11.9 Å². The molecule has 0 bridgehead atoms. The summed E-state index contributed by atoms with van der Waals surface area (Å²) in [6.45, 7) is 2.10. The number of carbonyl (C=O) groups is 1. The van der Waals surface area contributed by atoms with Gasteiger partial charge in [-0.05, 0) is 37.7 Å². The van der Waals surface area contributed by atoms with Gasteiger partial charge in [0.1, 0.15) is 11.4 Å². The Morgan fingerprint density at radius 3 is 2.71 bits per heavy atom. The van der Waals surface area contributed by atoms with E-state index in [-0.39, 0.29) is 5.56 Å². The molecule has 0 radical (unpaired) electrons. The average molecular weight is 237 g/mol. The van der Waals surface area contributed by atoms with Gasteiger partial charge in [-0.3, -0.25) is 9.78 Å². The molecule has 1 aliphatic rings. The van der Waals surface area contributed by atoms with Crippen molar-refractivity contribution in [2.24, 2.45) is 5.92 Å². The number of aliphatic hydroxyl groups is 1. The van der Waals surface area contributed by atoms with Crippen LogP contribution >= 0.6 is 0 Å². The fourth-order valence-corrected chi connectivity index (χ4v) is 2.27. The molecule has 3 nitrogen and oxygen atoms in total. The zero-order valence-corrected chi connectivity index (χ0v) is 9.82. The van der Waals surface area contributed by atoms with Crippen LogP contribution in [0.4, 0.5) is 4.39 Å². The standard InChI is InChI=1S/C13H16FNO2/c1-9-2-4-13(17,5-3-9)12(16)10-6-11(14)8-15-7-10/h6-9,17H,2-5H2,1H3. The van der Waals surface area contributed by atoms with Gasteiger partial charge in [0, 0.05) is 11.8 Å². The lowest BCUT2D eigenvalue weighted by atomic mass is 9.76. The van der Waals surface area contributed by atoms with Crippen molar-refractivity contribution in [1.82, 2.24) is 4.98 Å². The minimum atomic E-state index is -1.33. The number of carbonyl (C=O) groups excluding carboxylic acids is 1. The molecule has 0 unspecified atom stereocenters. The molecule has 4 heteroatoms. The van der Waals surface area contributed by atoms with E-state index in [4.69, 9.17) is 0 Å². The predicted molar refractivity (Wildman–Crippen MR) is 61.1 cm³/mol. The van der Waals surface area contributed by atoms with Crippen molar-refractivity contribution in [3.63, 3.8) is 0 Å². The Labute approximate surface area is 99.7 Å². The smallest absolute Gasteiger partial charge is 0.195 e. The molecule has 0 aromatic carbocycles. The van der Waals surface area contributed by atoms with E-state index in [0.29, 0.717) is 18.8 Å². The number of nitrogens with zero attached hydrogens (tertiary/aromatic N) is 1. The van der Waals surface area contributed by atoms with Crippen molar-refractivity contribution in [1.29, 1.82) is 0 Å². The number of pyridine rings is 1. The lowest BCUT2D eigenvalue weighted by Crippen LogP contribution is -2.42. The van der Waals surface area contributed by atoms with Crippen LogP contribution in [0.15, 0.2) is 18.5 Å². The first-order valence-corrected chi connectivity index (χ1v) is 5.89. The Bertz CT molecular complexity index is 425. The van der Waals surface area contributed by atoms with Gasteiger partial charge < -0.3 is 5.11 Å². The summed E-state index contributed by atoms with van der Waals surface area (Å²) in [6, 6.07) is 1.13. The number of ketones is 1. The minimum absolute atomic E-state index is 0.155. The van der Waals surface area contributed by atoms with Crippen LogP contribution in [-0.4, -0.2) is 21.5 Å².